The molecule has 2 saturated heterocycles. The molecule has 0 bridgehead atoms. The first kappa shape index (κ1) is 37.4. The van der Waals surface area contributed by atoms with Crippen LogP contribution in [0.1, 0.15) is 55.1 Å². The van der Waals surface area contributed by atoms with E-state index in [0.29, 0.717) is 76.8 Å². The molecule has 2 aliphatic rings. The highest BCUT2D eigenvalue weighted by atomic mass is 16.5. The number of hydrogen-bond acceptors (Lipinski definition) is 8. The van der Waals surface area contributed by atoms with Crippen molar-refractivity contribution < 1.29 is 38.9 Å². The number of aryl methyl sites for hydroxylation is 1. The van der Waals surface area contributed by atoms with Gasteiger partial charge in [-0.1, -0.05) is 32.0 Å². The van der Waals surface area contributed by atoms with Crippen LogP contribution >= 0.6 is 0 Å². The lowest BCUT2D eigenvalue weighted by molar-refractivity contribution is -0.140. The summed E-state index contributed by atoms with van der Waals surface area (Å²) >= 11 is 0. The minimum absolute atomic E-state index is 0.0468. The summed E-state index contributed by atoms with van der Waals surface area (Å²) in [6, 6.07) is 10.0. The van der Waals surface area contributed by atoms with Crippen LogP contribution in [0.25, 0.3) is 5.69 Å². The summed E-state index contributed by atoms with van der Waals surface area (Å²) in [6.45, 7) is 11.3. The Morgan fingerprint density at radius 1 is 1.06 bits per heavy atom. The summed E-state index contributed by atoms with van der Waals surface area (Å²) in [5.41, 5.74) is 2.48. The summed E-state index contributed by atoms with van der Waals surface area (Å²) in [6.07, 6.45) is 4.32. The Labute approximate surface area is 276 Å². The molecule has 2 atom stereocenters. The van der Waals surface area contributed by atoms with Crippen LogP contribution in [0.5, 0.6) is 0 Å². The molecule has 2 aliphatic heterocycles. The number of rotatable bonds is 13. The molecule has 47 heavy (non-hydrogen) atoms. The van der Waals surface area contributed by atoms with Crippen LogP contribution in [0, 0.1) is 18.8 Å². The van der Waals surface area contributed by atoms with E-state index in [-0.39, 0.29) is 29.7 Å². The van der Waals surface area contributed by atoms with Gasteiger partial charge in [-0.2, -0.15) is 0 Å². The molecule has 13 nitrogen and oxygen atoms in total. The molecule has 3 N–H and O–H groups in total. The zero-order valence-electron chi connectivity index (χ0n) is 27.9. The van der Waals surface area contributed by atoms with E-state index in [1.807, 2.05) is 34.9 Å². The number of imidazole rings is 1. The number of ether oxygens (including phenoxy) is 2. The second-order valence-corrected chi connectivity index (χ2v) is 12.1. The number of methoxy groups -OCH3 is 1. The maximum atomic E-state index is 14.4. The fraction of sp³-hybridized carbons (Fsp3) is 0.559. The maximum absolute atomic E-state index is 14.4. The number of para-hydroxylation sites is 1. The standard InChI is InChI=1S/C30H45N5O4.C4H4O4/c1-22(2)21-34(26-18-24(19-31-20-26)29(36)33-13-16-39-17-14-33)30(37)28-27(12-8-9-15-38-4)35(23(3)32-28)25-10-6-5-7-11-25;5-3(6)1-2-4(7)8/h5-7,10-11,22,24,26,31H,8-9,12-21H2,1-4H3;1-2H,(H,5,6)(H,7,8)/b;2-1+/t24-,26+;/m1./s1. The molecule has 0 unspecified atom stereocenters. The van der Waals surface area contributed by atoms with Crippen molar-refractivity contribution in [3.05, 3.63) is 59.7 Å². The summed E-state index contributed by atoms with van der Waals surface area (Å²) in [4.78, 5) is 55.5. The van der Waals surface area contributed by atoms with Crippen LogP contribution in [0.3, 0.4) is 0 Å². The zero-order valence-corrected chi connectivity index (χ0v) is 27.9. The topological polar surface area (TPSA) is 164 Å². The predicted octanol–water partition coefficient (Wildman–Crippen LogP) is 2.80. The number of carbonyl (C=O) groups is 4. The monoisotopic (exact) mass is 655 g/mol. The first-order valence-corrected chi connectivity index (χ1v) is 16.2. The third-order valence-electron chi connectivity index (χ3n) is 8.00. The molecule has 2 aromatic rings. The molecule has 2 amide bonds. The molecule has 0 spiro atoms. The van der Waals surface area contributed by atoms with Crippen molar-refractivity contribution in [2.75, 3.05) is 59.7 Å². The van der Waals surface area contributed by atoms with E-state index in [1.165, 1.54) is 0 Å². The fourth-order valence-electron chi connectivity index (χ4n) is 5.89. The first-order valence-electron chi connectivity index (χ1n) is 16.2. The second-order valence-electron chi connectivity index (χ2n) is 12.1. The zero-order chi connectivity index (χ0) is 34.3. The van der Waals surface area contributed by atoms with Gasteiger partial charge in [0.2, 0.25) is 5.91 Å². The minimum atomic E-state index is -1.26. The summed E-state index contributed by atoms with van der Waals surface area (Å²) in [5.74, 6) is -1.46. The van der Waals surface area contributed by atoms with Crippen LogP contribution in [-0.2, 0) is 30.3 Å². The van der Waals surface area contributed by atoms with E-state index < -0.39 is 11.9 Å². The predicted molar refractivity (Wildman–Crippen MR) is 176 cm³/mol. The molecule has 4 rings (SSSR count). The number of nitrogens with one attached hydrogen (secondary N) is 1. The summed E-state index contributed by atoms with van der Waals surface area (Å²) in [5, 5.41) is 19.1. The molecule has 0 saturated carbocycles. The highest BCUT2D eigenvalue weighted by molar-refractivity contribution is 5.94. The quantitative estimate of drug-likeness (QED) is 0.216. The average Bonchev–Trinajstić information content (AvgIpc) is 3.40. The van der Waals surface area contributed by atoms with Gasteiger partial charge in [-0.3, -0.25) is 9.59 Å². The number of carboxylic acids is 2. The van der Waals surface area contributed by atoms with Gasteiger partial charge in [0.1, 0.15) is 11.5 Å². The largest absolute Gasteiger partial charge is 0.478 e. The first-order chi connectivity index (χ1) is 22.5. The van der Waals surface area contributed by atoms with Crippen molar-refractivity contribution in [2.45, 2.75) is 52.5 Å². The molecule has 13 heteroatoms. The lowest BCUT2D eigenvalue weighted by Gasteiger charge is -2.40. The molecule has 0 aliphatic carbocycles. The third kappa shape index (κ3) is 11.3. The number of carbonyl (C=O) groups excluding carboxylic acids is 2. The smallest absolute Gasteiger partial charge is 0.328 e. The van der Waals surface area contributed by atoms with Crippen LogP contribution < -0.4 is 5.32 Å². The summed E-state index contributed by atoms with van der Waals surface area (Å²) in [7, 11) is 1.71. The van der Waals surface area contributed by atoms with E-state index in [0.717, 1.165) is 36.5 Å². The number of morpholine rings is 1. The van der Waals surface area contributed by atoms with Crippen LogP contribution in [0.15, 0.2) is 42.5 Å². The molecule has 258 valence electrons. The number of hydrogen-bond donors (Lipinski definition) is 3. The van der Waals surface area contributed by atoms with Gasteiger partial charge in [-0.05, 0) is 50.7 Å². The Morgan fingerprint density at radius 2 is 1.72 bits per heavy atom. The Bertz CT molecular complexity index is 1340. The lowest BCUT2D eigenvalue weighted by atomic mass is 9.92. The van der Waals surface area contributed by atoms with Crippen LogP contribution in [0.4, 0.5) is 0 Å². The van der Waals surface area contributed by atoms with Gasteiger partial charge < -0.3 is 39.4 Å². The Kier molecular flexibility index (Phi) is 15.1. The van der Waals surface area contributed by atoms with Gasteiger partial charge in [0, 0.05) is 70.3 Å². The van der Waals surface area contributed by atoms with Gasteiger partial charge in [-0.25, -0.2) is 14.6 Å². The van der Waals surface area contributed by atoms with Gasteiger partial charge in [0.25, 0.3) is 5.91 Å². The van der Waals surface area contributed by atoms with Gasteiger partial charge in [0.05, 0.1) is 24.8 Å². The molecule has 1 aromatic heterocycles. The average molecular weight is 656 g/mol. The van der Waals surface area contributed by atoms with E-state index in [2.05, 4.69) is 35.9 Å². The van der Waals surface area contributed by atoms with Crippen molar-refractivity contribution in [2.24, 2.45) is 11.8 Å². The number of nitrogens with zero attached hydrogens (tertiary/aromatic N) is 4. The van der Waals surface area contributed by atoms with E-state index in [1.54, 1.807) is 7.11 Å². The summed E-state index contributed by atoms with van der Waals surface area (Å²) < 4.78 is 12.8. The van der Waals surface area contributed by atoms with Gasteiger partial charge >= 0.3 is 11.9 Å². The highest BCUT2D eigenvalue weighted by Gasteiger charge is 2.37. The number of aliphatic carboxylic acids is 2. The van der Waals surface area contributed by atoms with Crippen molar-refractivity contribution in [1.82, 2.24) is 24.7 Å². The maximum Gasteiger partial charge on any atom is 0.328 e. The molecule has 1 aromatic carbocycles. The molecule has 2 fully saturated rings. The van der Waals surface area contributed by atoms with E-state index in [9.17, 15) is 19.2 Å². The van der Waals surface area contributed by atoms with Crippen molar-refractivity contribution in [1.29, 1.82) is 0 Å². The van der Waals surface area contributed by atoms with Crippen molar-refractivity contribution >= 4 is 23.8 Å². The second kappa shape index (κ2) is 18.9. The van der Waals surface area contributed by atoms with Gasteiger partial charge in [0.15, 0.2) is 0 Å². The Morgan fingerprint density at radius 3 is 2.32 bits per heavy atom. The number of amides is 2. The molecular formula is C34H49N5O8. The fourth-order valence-corrected chi connectivity index (χ4v) is 5.89. The number of aromatic nitrogens is 2. The number of benzene rings is 1. The third-order valence-corrected chi connectivity index (χ3v) is 8.00. The number of unbranched alkanes of at least 4 members (excludes halogenated alkanes) is 1. The van der Waals surface area contributed by atoms with Crippen molar-refractivity contribution in [3.8, 4) is 5.69 Å². The van der Waals surface area contributed by atoms with Crippen LogP contribution in [-0.4, -0.2) is 119 Å². The SMILES string of the molecule is COCCCCc1c(C(=O)N(CC(C)C)[C@@H]2CNC[C@H](C(=O)N3CCOCC3)C2)nc(C)n1-c1ccccc1.O=C(O)/C=C/C(=O)O. The highest BCUT2D eigenvalue weighted by Crippen LogP contribution is 2.26. The molecule has 3 heterocycles. The lowest BCUT2D eigenvalue weighted by Crippen LogP contribution is -2.56. The Hall–Kier alpha value is -4.07. The van der Waals surface area contributed by atoms with Crippen molar-refractivity contribution in [3.63, 3.8) is 0 Å². The van der Waals surface area contributed by atoms with E-state index >= 15 is 0 Å². The minimum Gasteiger partial charge on any atom is -0.478 e. The Balaban J connectivity index is 0.000000665. The van der Waals surface area contributed by atoms with Crippen LogP contribution in [0.2, 0.25) is 0 Å². The van der Waals surface area contributed by atoms with E-state index in [4.69, 9.17) is 24.7 Å². The normalized spacial score (nSPS) is 18.1. The number of carboxylic acid groups (broad SMARTS) is 2. The molecule has 0 radical (unpaired) electrons. The van der Waals surface area contributed by atoms with Gasteiger partial charge in [-0.15, -0.1) is 0 Å². The number of piperidine rings is 1. The molecular weight excluding hydrogens is 606 g/mol.